The first-order valence-corrected chi connectivity index (χ1v) is 9.10. The molecule has 2 heterocycles. The lowest BCUT2D eigenvalue weighted by atomic mass is 9.78. The maximum atomic E-state index is 13.3. The molecule has 4 nitrogen and oxygen atoms in total. The van der Waals surface area contributed by atoms with E-state index in [1.807, 2.05) is 24.3 Å². The van der Waals surface area contributed by atoms with Crippen molar-refractivity contribution in [2.24, 2.45) is 5.92 Å². The Labute approximate surface area is 142 Å². The standard InChI is InChI=1S/C20H25NO3/c1-23-13-16-15-9-3-5-11-18(15)24-19(16)20(22)21-12-6-8-14-7-2-4-10-17(14)21/h3,5,9,11,14,17H,2,4,6-8,10,12-13H2,1H3. The van der Waals surface area contributed by atoms with E-state index in [0.717, 1.165) is 35.9 Å². The van der Waals surface area contributed by atoms with E-state index in [2.05, 4.69) is 4.90 Å². The summed E-state index contributed by atoms with van der Waals surface area (Å²) < 4.78 is 11.3. The molecule has 1 aliphatic heterocycles. The second-order valence-electron chi connectivity index (χ2n) is 7.09. The van der Waals surface area contributed by atoms with Crippen molar-refractivity contribution in [2.45, 2.75) is 51.2 Å². The minimum atomic E-state index is 0.0508. The second-order valence-corrected chi connectivity index (χ2v) is 7.09. The summed E-state index contributed by atoms with van der Waals surface area (Å²) in [4.78, 5) is 15.4. The Morgan fingerprint density at radius 3 is 2.88 bits per heavy atom. The summed E-state index contributed by atoms with van der Waals surface area (Å²) in [6, 6.07) is 8.23. The predicted molar refractivity (Wildman–Crippen MR) is 92.9 cm³/mol. The third kappa shape index (κ3) is 2.63. The van der Waals surface area contributed by atoms with Crippen molar-refractivity contribution in [3.05, 3.63) is 35.6 Å². The van der Waals surface area contributed by atoms with E-state index in [-0.39, 0.29) is 5.91 Å². The van der Waals surface area contributed by atoms with E-state index in [0.29, 0.717) is 24.3 Å². The van der Waals surface area contributed by atoms with Crippen LogP contribution in [-0.4, -0.2) is 30.5 Å². The molecule has 4 rings (SSSR count). The smallest absolute Gasteiger partial charge is 0.290 e. The number of ether oxygens (including phenoxy) is 1. The molecule has 2 aliphatic rings. The Kier molecular flexibility index (Phi) is 4.31. The van der Waals surface area contributed by atoms with Gasteiger partial charge in [-0.3, -0.25) is 4.79 Å². The Morgan fingerprint density at radius 1 is 1.21 bits per heavy atom. The van der Waals surface area contributed by atoms with Crippen molar-refractivity contribution in [3.8, 4) is 0 Å². The van der Waals surface area contributed by atoms with Gasteiger partial charge in [-0.2, -0.15) is 0 Å². The molecule has 1 saturated heterocycles. The lowest BCUT2D eigenvalue weighted by molar-refractivity contribution is 0.0360. The number of methoxy groups -OCH3 is 1. The highest BCUT2D eigenvalue weighted by atomic mass is 16.5. The Morgan fingerprint density at radius 2 is 2.00 bits per heavy atom. The van der Waals surface area contributed by atoms with Gasteiger partial charge in [0.15, 0.2) is 5.76 Å². The number of fused-ring (bicyclic) bond motifs is 2. The monoisotopic (exact) mass is 327 g/mol. The molecule has 128 valence electrons. The molecule has 0 N–H and O–H groups in total. The Bertz CT molecular complexity index is 734. The van der Waals surface area contributed by atoms with Crippen molar-refractivity contribution in [2.75, 3.05) is 13.7 Å². The quantitative estimate of drug-likeness (QED) is 0.840. The van der Waals surface area contributed by atoms with E-state index in [1.54, 1.807) is 7.11 Å². The molecule has 2 unspecified atom stereocenters. The Hall–Kier alpha value is -1.81. The lowest BCUT2D eigenvalue weighted by Crippen LogP contribution is -2.49. The largest absolute Gasteiger partial charge is 0.451 e. The number of hydrogen-bond donors (Lipinski definition) is 0. The molecule has 0 bridgehead atoms. The molecule has 24 heavy (non-hydrogen) atoms. The molecule has 1 aromatic heterocycles. The van der Waals surface area contributed by atoms with Crippen LogP contribution in [0.4, 0.5) is 0 Å². The van der Waals surface area contributed by atoms with Crippen LogP contribution in [0.3, 0.4) is 0 Å². The highest BCUT2D eigenvalue weighted by Crippen LogP contribution is 2.37. The number of amides is 1. The Balaban J connectivity index is 1.70. The lowest BCUT2D eigenvalue weighted by Gasteiger charge is -2.43. The van der Waals surface area contributed by atoms with Gasteiger partial charge in [0.25, 0.3) is 5.91 Å². The molecule has 2 atom stereocenters. The van der Waals surface area contributed by atoms with E-state index in [9.17, 15) is 4.79 Å². The molecule has 1 aromatic carbocycles. The average molecular weight is 327 g/mol. The van der Waals surface area contributed by atoms with E-state index in [1.165, 1.54) is 25.7 Å². The molecule has 4 heteroatoms. The van der Waals surface area contributed by atoms with Crippen LogP contribution < -0.4 is 0 Å². The fraction of sp³-hybridized carbons (Fsp3) is 0.550. The van der Waals surface area contributed by atoms with E-state index < -0.39 is 0 Å². The van der Waals surface area contributed by atoms with Gasteiger partial charge in [0.2, 0.25) is 0 Å². The number of benzene rings is 1. The number of carbonyl (C=O) groups excluding carboxylic acids is 1. The summed E-state index contributed by atoms with van der Waals surface area (Å²) in [6.07, 6.45) is 7.31. The van der Waals surface area contributed by atoms with Gasteiger partial charge >= 0.3 is 0 Å². The van der Waals surface area contributed by atoms with Crippen molar-refractivity contribution >= 4 is 16.9 Å². The summed E-state index contributed by atoms with van der Waals surface area (Å²) in [5.41, 5.74) is 1.65. The zero-order valence-corrected chi connectivity index (χ0v) is 14.3. The number of carbonyl (C=O) groups is 1. The van der Waals surface area contributed by atoms with Crippen LogP contribution in [0.25, 0.3) is 11.0 Å². The topological polar surface area (TPSA) is 42.7 Å². The van der Waals surface area contributed by atoms with Crippen molar-refractivity contribution < 1.29 is 13.9 Å². The molecule has 2 fully saturated rings. The summed E-state index contributed by atoms with van der Waals surface area (Å²) in [5.74, 6) is 1.20. The number of furan rings is 1. The van der Waals surface area contributed by atoms with Crippen molar-refractivity contribution in [1.82, 2.24) is 4.90 Å². The predicted octanol–water partition coefficient (Wildman–Crippen LogP) is 4.37. The molecule has 1 aliphatic carbocycles. The zero-order chi connectivity index (χ0) is 16.5. The number of piperidine rings is 1. The highest BCUT2D eigenvalue weighted by Gasteiger charge is 2.37. The van der Waals surface area contributed by atoms with Gasteiger partial charge in [0.1, 0.15) is 5.58 Å². The third-order valence-electron chi connectivity index (χ3n) is 5.69. The molecule has 0 spiro atoms. The molecule has 0 radical (unpaired) electrons. The van der Waals surface area contributed by atoms with Gasteiger partial charge in [-0.05, 0) is 37.7 Å². The maximum absolute atomic E-state index is 13.3. The first kappa shape index (κ1) is 15.7. The number of likely N-dealkylation sites (tertiary alicyclic amines) is 1. The minimum Gasteiger partial charge on any atom is -0.451 e. The number of rotatable bonds is 3. The second kappa shape index (κ2) is 6.60. The zero-order valence-electron chi connectivity index (χ0n) is 14.3. The summed E-state index contributed by atoms with van der Waals surface area (Å²) >= 11 is 0. The summed E-state index contributed by atoms with van der Waals surface area (Å²) in [5, 5.41) is 0.986. The van der Waals surface area contributed by atoms with Crippen molar-refractivity contribution in [1.29, 1.82) is 0 Å². The molecule has 2 aromatic rings. The normalized spacial score (nSPS) is 24.1. The summed E-state index contributed by atoms with van der Waals surface area (Å²) in [6.45, 7) is 1.25. The van der Waals surface area contributed by atoms with Gasteiger partial charge in [0.05, 0.1) is 6.61 Å². The number of hydrogen-bond acceptors (Lipinski definition) is 3. The SMILES string of the molecule is COCc1c(C(=O)N2CCCC3CCCCC32)oc2ccccc12. The van der Waals surface area contributed by atoms with Gasteiger partial charge < -0.3 is 14.1 Å². The number of nitrogens with zero attached hydrogens (tertiary/aromatic N) is 1. The third-order valence-corrected chi connectivity index (χ3v) is 5.69. The van der Waals surface area contributed by atoms with Crippen LogP contribution in [0.15, 0.2) is 28.7 Å². The molecular formula is C20H25NO3. The minimum absolute atomic E-state index is 0.0508. The molecular weight excluding hydrogens is 302 g/mol. The first-order valence-electron chi connectivity index (χ1n) is 9.10. The molecule has 1 saturated carbocycles. The van der Waals surface area contributed by atoms with E-state index >= 15 is 0 Å². The van der Waals surface area contributed by atoms with E-state index in [4.69, 9.17) is 9.15 Å². The van der Waals surface area contributed by atoms with Crippen LogP contribution in [-0.2, 0) is 11.3 Å². The molecule has 1 amide bonds. The van der Waals surface area contributed by atoms with Crippen LogP contribution in [0, 0.1) is 5.92 Å². The van der Waals surface area contributed by atoms with Gasteiger partial charge in [-0.15, -0.1) is 0 Å². The van der Waals surface area contributed by atoms with Crippen LogP contribution in [0.5, 0.6) is 0 Å². The average Bonchev–Trinajstić information content (AvgIpc) is 3.00. The van der Waals surface area contributed by atoms with Crippen LogP contribution >= 0.6 is 0 Å². The first-order chi connectivity index (χ1) is 11.8. The maximum Gasteiger partial charge on any atom is 0.290 e. The number of para-hydroxylation sites is 1. The fourth-order valence-corrected chi connectivity index (χ4v) is 4.57. The summed E-state index contributed by atoms with van der Waals surface area (Å²) in [7, 11) is 1.66. The fourth-order valence-electron chi connectivity index (χ4n) is 4.57. The van der Waals surface area contributed by atoms with Crippen molar-refractivity contribution in [3.63, 3.8) is 0 Å². The highest BCUT2D eigenvalue weighted by molar-refractivity contribution is 5.99. The van der Waals surface area contributed by atoms with Gasteiger partial charge in [-0.25, -0.2) is 0 Å². The van der Waals surface area contributed by atoms with Gasteiger partial charge in [-0.1, -0.05) is 31.0 Å². The van der Waals surface area contributed by atoms with Gasteiger partial charge in [0, 0.05) is 30.6 Å². The van der Waals surface area contributed by atoms with Crippen LogP contribution in [0.2, 0.25) is 0 Å². The van der Waals surface area contributed by atoms with Crippen LogP contribution in [0.1, 0.15) is 54.6 Å².